The van der Waals surface area contributed by atoms with Crippen LogP contribution in [0.3, 0.4) is 0 Å². The van der Waals surface area contributed by atoms with Crippen LogP contribution in [0, 0.1) is 0 Å². The van der Waals surface area contributed by atoms with Gasteiger partial charge >= 0.3 is 6.03 Å². The normalized spacial score (nSPS) is 23.5. The number of carbonyl (C=O) groups excluding carboxylic acids is 2. The molecule has 3 amide bonds. The lowest BCUT2D eigenvalue weighted by Crippen LogP contribution is -2.65. The molecular formula is C18H23Cl2N5O3. The smallest absolute Gasteiger partial charge is 0.328 e. The Morgan fingerprint density at radius 1 is 1.14 bits per heavy atom. The second-order valence-electron chi connectivity index (χ2n) is 6.85. The van der Waals surface area contributed by atoms with Gasteiger partial charge in [0.05, 0.1) is 16.6 Å². The Bertz CT molecular complexity index is 803. The van der Waals surface area contributed by atoms with Crippen LogP contribution < -0.4 is 5.32 Å². The maximum absolute atomic E-state index is 13.1. The first-order chi connectivity index (χ1) is 13.3. The van der Waals surface area contributed by atoms with E-state index in [1.807, 2.05) is 0 Å². The number of hydrogen-bond donors (Lipinski definition) is 2. The monoisotopic (exact) mass is 427 g/mol. The van der Waals surface area contributed by atoms with E-state index in [4.69, 9.17) is 28.3 Å². The highest BCUT2D eigenvalue weighted by molar-refractivity contribution is 6.42. The fourth-order valence-corrected chi connectivity index (χ4v) is 3.68. The number of likely N-dealkylation sites (N-methyl/N-ethyl adjacent to an activating group) is 2. The summed E-state index contributed by atoms with van der Waals surface area (Å²) in [6.07, 6.45) is 0.936. The van der Waals surface area contributed by atoms with Crippen LogP contribution in [0.2, 0.25) is 10.0 Å². The molecule has 0 aliphatic carbocycles. The van der Waals surface area contributed by atoms with Crippen molar-refractivity contribution in [2.75, 3.05) is 27.2 Å². The van der Waals surface area contributed by atoms with Gasteiger partial charge in [0.15, 0.2) is 12.0 Å². The number of aliphatic hydroxyl groups excluding tert-OH is 1. The Labute approximate surface area is 173 Å². The Balaban J connectivity index is 1.79. The number of amides is 3. The molecule has 0 aromatic heterocycles. The molecule has 3 rings (SSSR count). The van der Waals surface area contributed by atoms with Crippen molar-refractivity contribution in [3.63, 3.8) is 0 Å². The maximum atomic E-state index is 13.1. The first-order valence-electron chi connectivity index (χ1n) is 9.02. The van der Waals surface area contributed by atoms with Gasteiger partial charge in [0, 0.05) is 27.2 Å². The van der Waals surface area contributed by atoms with Crippen LogP contribution in [-0.4, -0.2) is 77.2 Å². The number of hydrogen-bond acceptors (Lipinski definition) is 4. The summed E-state index contributed by atoms with van der Waals surface area (Å²) in [6, 6.07) is 4.08. The summed E-state index contributed by atoms with van der Waals surface area (Å²) in [7, 11) is 3.44. The molecule has 2 unspecified atom stereocenters. The minimum absolute atomic E-state index is 0.110. The van der Waals surface area contributed by atoms with E-state index < -0.39 is 12.2 Å². The largest absolute Gasteiger partial charge is 0.396 e. The predicted octanol–water partition coefficient (Wildman–Crippen LogP) is 1.75. The molecule has 1 aromatic rings. The van der Waals surface area contributed by atoms with Crippen LogP contribution in [0.15, 0.2) is 23.2 Å². The lowest BCUT2D eigenvalue weighted by Gasteiger charge is -2.40. The highest BCUT2D eigenvalue weighted by Crippen LogP contribution is 2.27. The quantitative estimate of drug-likeness (QED) is 0.675. The number of nitrogens with zero attached hydrogens (tertiary/aromatic N) is 4. The van der Waals surface area contributed by atoms with E-state index in [1.54, 1.807) is 37.2 Å². The van der Waals surface area contributed by atoms with E-state index in [1.165, 1.54) is 9.80 Å². The van der Waals surface area contributed by atoms with Gasteiger partial charge in [-0.3, -0.25) is 14.7 Å². The van der Waals surface area contributed by atoms with Gasteiger partial charge < -0.3 is 20.2 Å². The number of urea groups is 1. The summed E-state index contributed by atoms with van der Waals surface area (Å²) >= 11 is 12.0. The molecule has 0 saturated carbocycles. The molecule has 152 valence electrons. The van der Waals surface area contributed by atoms with E-state index in [9.17, 15) is 9.59 Å². The van der Waals surface area contributed by atoms with E-state index in [2.05, 4.69) is 10.3 Å². The van der Waals surface area contributed by atoms with Gasteiger partial charge in [-0.05, 0) is 30.5 Å². The van der Waals surface area contributed by atoms with Gasteiger partial charge in [-0.25, -0.2) is 4.79 Å². The van der Waals surface area contributed by atoms with Crippen molar-refractivity contribution in [3.05, 3.63) is 33.8 Å². The molecule has 8 nitrogen and oxygen atoms in total. The van der Waals surface area contributed by atoms with Crippen LogP contribution in [0.4, 0.5) is 4.79 Å². The van der Waals surface area contributed by atoms with Crippen LogP contribution in [0.25, 0.3) is 0 Å². The summed E-state index contributed by atoms with van der Waals surface area (Å²) in [6.45, 7) is 0.767. The number of aliphatic hydroxyl groups is 1. The van der Waals surface area contributed by atoms with E-state index in [-0.39, 0.29) is 25.1 Å². The maximum Gasteiger partial charge on any atom is 0.328 e. The average Bonchev–Trinajstić information content (AvgIpc) is 3.00. The fourth-order valence-electron chi connectivity index (χ4n) is 3.36. The molecule has 10 heteroatoms. The minimum atomic E-state index is -0.568. The number of nitrogens with one attached hydrogen (secondary N) is 1. The molecule has 1 aromatic carbocycles. The fraction of sp³-hybridized carbons (Fsp3) is 0.500. The van der Waals surface area contributed by atoms with Crippen molar-refractivity contribution in [2.45, 2.75) is 31.6 Å². The molecule has 0 bridgehead atoms. The molecule has 2 N–H and O–H groups in total. The standard InChI is InChI=1S/C18H23Cl2N5O3/c1-23-14-15(22-17(23)21-7-3-4-8-26)24(2)18(28)25(16(14)27)10-11-5-6-12(19)13(20)9-11/h5-6,9,14-15,26H,3-4,7-8,10H2,1-2H3,(H,21,22). The van der Waals surface area contributed by atoms with E-state index in [0.29, 0.717) is 29.0 Å². The van der Waals surface area contributed by atoms with Gasteiger partial charge in [-0.1, -0.05) is 29.3 Å². The number of guanidine groups is 1. The zero-order valence-electron chi connectivity index (χ0n) is 15.7. The number of halogens is 2. The Morgan fingerprint density at radius 3 is 2.57 bits per heavy atom. The van der Waals surface area contributed by atoms with Crippen molar-refractivity contribution in [3.8, 4) is 0 Å². The average molecular weight is 428 g/mol. The SMILES string of the molecule is CN1C(=O)N(Cc2ccc(Cl)c(Cl)c2)C(=O)C2C1NC(=NCCCCO)N2C. The molecule has 28 heavy (non-hydrogen) atoms. The van der Waals surface area contributed by atoms with E-state index >= 15 is 0 Å². The molecule has 0 radical (unpaired) electrons. The van der Waals surface area contributed by atoms with Crippen molar-refractivity contribution in [2.24, 2.45) is 4.99 Å². The van der Waals surface area contributed by atoms with Crippen LogP contribution in [0.1, 0.15) is 18.4 Å². The third kappa shape index (κ3) is 3.90. The Kier molecular flexibility index (Phi) is 6.32. The summed E-state index contributed by atoms with van der Waals surface area (Å²) in [5.74, 6) is 0.270. The Morgan fingerprint density at radius 2 is 1.89 bits per heavy atom. The molecule has 2 atom stereocenters. The van der Waals surface area contributed by atoms with Gasteiger partial charge in [-0.15, -0.1) is 0 Å². The lowest BCUT2D eigenvalue weighted by atomic mass is 10.1. The third-order valence-corrected chi connectivity index (χ3v) is 5.69. The molecule has 2 saturated heterocycles. The van der Waals surface area contributed by atoms with Gasteiger partial charge in [0.2, 0.25) is 0 Å². The summed E-state index contributed by atoms with van der Waals surface area (Å²) in [5, 5.41) is 12.8. The Hall–Kier alpha value is -2.03. The topological polar surface area (TPSA) is 88.5 Å². The highest BCUT2D eigenvalue weighted by atomic mass is 35.5. The van der Waals surface area contributed by atoms with Crippen LogP contribution in [-0.2, 0) is 11.3 Å². The van der Waals surface area contributed by atoms with Gasteiger partial charge in [-0.2, -0.15) is 0 Å². The van der Waals surface area contributed by atoms with Gasteiger partial charge in [0.25, 0.3) is 5.91 Å². The molecule has 2 aliphatic heterocycles. The zero-order valence-corrected chi connectivity index (χ0v) is 17.2. The number of carbonyl (C=O) groups is 2. The zero-order chi connectivity index (χ0) is 20.4. The number of rotatable bonds is 6. The second-order valence-corrected chi connectivity index (χ2v) is 7.66. The van der Waals surface area contributed by atoms with Crippen molar-refractivity contribution in [1.29, 1.82) is 0 Å². The lowest BCUT2D eigenvalue weighted by molar-refractivity contribution is -0.137. The first-order valence-corrected chi connectivity index (χ1v) is 9.77. The molecule has 2 aliphatic rings. The number of unbranched alkanes of at least 4 members (excludes halogenated alkanes) is 1. The van der Waals surface area contributed by atoms with Gasteiger partial charge in [0.1, 0.15) is 6.17 Å². The summed E-state index contributed by atoms with van der Waals surface area (Å²) in [5.41, 5.74) is 0.717. The molecular weight excluding hydrogens is 405 g/mol. The predicted molar refractivity (Wildman–Crippen MR) is 107 cm³/mol. The highest BCUT2D eigenvalue weighted by Gasteiger charge is 2.51. The van der Waals surface area contributed by atoms with Crippen molar-refractivity contribution < 1.29 is 14.7 Å². The molecule has 2 fully saturated rings. The summed E-state index contributed by atoms with van der Waals surface area (Å²) < 4.78 is 0. The number of imide groups is 1. The third-order valence-electron chi connectivity index (χ3n) is 4.95. The van der Waals surface area contributed by atoms with Crippen molar-refractivity contribution in [1.82, 2.24) is 20.0 Å². The number of benzene rings is 1. The second kappa shape index (κ2) is 8.55. The molecule has 2 heterocycles. The van der Waals surface area contributed by atoms with E-state index in [0.717, 1.165) is 12.0 Å². The number of aliphatic imine (C=N–C) groups is 1. The number of fused-ring (bicyclic) bond motifs is 1. The molecule has 0 spiro atoms. The van der Waals surface area contributed by atoms with Crippen LogP contribution >= 0.6 is 23.2 Å². The summed E-state index contributed by atoms with van der Waals surface area (Å²) in [4.78, 5) is 34.9. The van der Waals surface area contributed by atoms with Crippen LogP contribution in [0.5, 0.6) is 0 Å². The first kappa shape index (κ1) is 20.7. The minimum Gasteiger partial charge on any atom is -0.396 e. The van der Waals surface area contributed by atoms with Crippen molar-refractivity contribution >= 4 is 41.1 Å².